The molecule has 1 aromatic carbocycles. The Labute approximate surface area is 164 Å². The lowest BCUT2D eigenvalue weighted by atomic mass is 10.1. The lowest BCUT2D eigenvalue weighted by molar-refractivity contribution is -0.112. The highest BCUT2D eigenvalue weighted by Crippen LogP contribution is 2.17. The number of nitrogens with zero attached hydrogens (tertiary/aromatic N) is 1. The third kappa shape index (κ3) is 6.09. The van der Waals surface area contributed by atoms with Gasteiger partial charge in [0, 0.05) is 12.2 Å². The standard InChI is InChI=1S/C19H23N3O5S/c1-2-3-9-27-19(24)16-6-4-5-7-17(16)22-18(23)14(11-20)12-21-15-8-10-28(25,26)13-15/h4-7,12,15,21H,2-3,8-10,13H2,1H3,(H,22,23)/b14-12-. The van der Waals surface area contributed by atoms with Gasteiger partial charge < -0.3 is 15.4 Å². The Morgan fingerprint density at radius 2 is 2.11 bits per heavy atom. The molecule has 0 radical (unpaired) electrons. The third-order valence-electron chi connectivity index (χ3n) is 4.19. The minimum Gasteiger partial charge on any atom is -0.462 e. The van der Waals surface area contributed by atoms with Crippen LogP contribution in [0.2, 0.25) is 0 Å². The quantitative estimate of drug-likeness (QED) is 0.292. The van der Waals surface area contributed by atoms with Gasteiger partial charge in [-0.3, -0.25) is 4.79 Å². The van der Waals surface area contributed by atoms with Crippen molar-refractivity contribution < 1.29 is 22.7 Å². The highest BCUT2D eigenvalue weighted by Gasteiger charge is 2.27. The van der Waals surface area contributed by atoms with Gasteiger partial charge in [-0.1, -0.05) is 25.5 Å². The first-order valence-corrected chi connectivity index (χ1v) is 10.8. The molecule has 1 atom stereocenters. The van der Waals surface area contributed by atoms with Crippen LogP contribution in [0.5, 0.6) is 0 Å². The summed E-state index contributed by atoms with van der Waals surface area (Å²) >= 11 is 0. The molecule has 0 bridgehead atoms. The van der Waals surface area contributed by atoms with E-state index >= 15 is 0 Å². The van der Waals surface area contributed by atoms with Gasteiger partial charge in [-0.2, -0.15) is 5.26 Å². The molecule has 8 nitrogen and oxygen atoms in total. The van der Waals surface area contributed by atoms with Crippen LogP contribution in [0.15, 0.2) is 36.0 Å². The maximum atomic E-state index is 12.4. The van der Waals surface area contributed by atoms with Crippen molar-refractivity contribution in [2.24, 2.45) is 0 Å². The summed E-state index contributed by atoms with van der Waals surface area (Å²) in [6.07, 6.45) is 3.26. The molecule has 28 heavy (non-hydrogen) atoms. The van der Waals surface area contributed by atoms with E-state index in [4.69, 9.17) is 4.74 Å². The smallest absolute Gasteiger partial charge is 0.340 e. The summed E-state index contributed by atoms with van der Waals surface area (Å²) in [6.45, 7) is 2.27. The van der Waals surface area contributed by atoms with Gasteiger partial charge in [-0.15, -0.1) is 0 Å². The summed E-state index contributed by atoms with van der Waals surface area (Å²) in [5.74, 6) is -1.21. The summed E-state index contributed by atoms with van der Waals surface area (Å²) in [5, 5.41) is 14.6. The first-order chi connectivity index (χ1) is 13.4. The molecule has 0 saturated carbocycles. The maximum absolute atomic E-state index is 12.4. The van der Waals surface area contributed by atoms with Crippen molar-refractivity contribution in [3.05, 3.63) is 41.6 Å². The number of para-hydroxylation sites is 1. The van der Waals surface area contributed by atoms with Crippen LogP contribution in [0.1, 0.15) is 36.5 Å². The number of benzene rings is 1. The molecule has 0 spiro atoms. The second-order valence-corrected chi connectivity index (χ2v) is 8.65. The number of hydrogen-bond acceptors (Lipinski definition) is 7. The minimum atomic E-state index is -3.07. The number of carbonyl (C=O) groups excluding carboxylic acids is 2. The number of rotatable bonds is 8. The molecule has 1 aromatic rings. The number of nitriles is 1. The molecule has 1 saturated heterocycles. The van der Waals surface area contributed by atoms with E-state index in [1.165, 1.54) is 12.3 Å². The molecule has 1 fully saturated rings. The fraction of sp³-hybridized carbons (Fsp3) is 0.421. The number of esters is 1. The van der Waals surface area contributed by atoms with Crippen molar-refractivity contribution in [3.63, 3.8) is 0 Å². The number of ether oxygens (including phenoxy) is 1. The maximum Gasteiger partial charge on any atom is 0.340 e. The average Bonchev–Trinajstić information content (AvgIpc) is 3.01. The predicted octanol–water partition coefficient (Wildman–Crippen LogP) is 1.77. The van der Waals surface area contributed by atoms with Gasteiger partial charge in [0.1, 0.15) is 11.6 Å². The molecule has 1 unspecified atom stereocenters. The molecule has 150 valence electrons. The van der Waals surface area contributed by atoms with Crippen molar-refractivity contribution in [2.45, 2.75) is 32.2 Å². The first kappa shape index (κ1) is 21.4. The fourth-order valence-corrected chi connectivity index (χ4v) is 4.31. The SMILES string of the molecule is CCCCOC(=O)c1ccccc1NC(=O)/C(C#N)=C\NC1CCS(=O)(=O)C1. The van der Waals surface area contributed by atoms with Gasteiger partial charge >= 0.3 is 5.97 Å². The Kier molecular flexibility index (Phi) is 7.58. The molecule has 9 heteroatoms. The van der Waals surface area contributed by atoms with Crippen molar-refractivity contribution in [3.8, 4) is 6.07 Å². The van der Waals surface area contributed by atoms with Gasteiger partial charge in [0.2, 0.25) is 0 Å². The zero-order chi connectivity index (χ0) is 20.6. The second kappa shape index (κ2) is 9.90. The number of unbranched alkanes of at least 4 members (excludes halogenated alkanes) is 1. The van der Waals surface area contributed by atoms with E-state index in [0.29, 0.717) is 6.42 Å². The zero-order valence-corrected chi connectivity index (χ0v) is 16.4. The molecule has 1 aliphatic heterocycles. The van der Waals surface area contributed by atoms with Crippen molar-refractivity contribution >= 4 is 27.4 Å². The molecule has 2 N–H and O–H groups in total. The molecular weight excluding hydrogens is 382 g/mol. The Hall–Kier alpha value is -2.86. The molecule has 1 aliphatic rings. The lowest BCUT2D eigenvalue weighted by Crippen LogP contribution is -2.27. The van der Waals surface area contributed by atoms with Gasteiger partial charge in [0.05, 0.1) is 29.4 Å². The molecule has 0 aliphatic carbocycles. The summed E-state index contributed by atoms with van der Waals surface area (Å²) in [6, 6.07) is 7.81. The summed E-state index contributed by atoms with van der Waals surface area (Å²) in [5.41, 5.74) is 0.205. The largest absolute Gasteiger partial charge is 0.462 e. The van der Waals surface area contributed by atoms with Gasteiger partial charge in [-0.25, -0.2) is 13.2 Å². The van der Waals surface area contributed by atoms with E-state index in [1.54, 1.807) is 24.3 Å². The monoisotopic (exact) mass is 405 g/mol. The van der Waals surface area contributed by atoms with Crippen LogP contribution in [-0.4, -0.2) is 44.4 Å². The zero-order valence-electron chi connectivity index (χ0n) is 15.6. The topological polar surface area (TPSA) is 125 Å². The van der Waals surface area contributed by atoms with Crippen LogP contribution >= 0.6 is 0 Å². The Morgan fingerprint density at radius 1 is 1.36 bits per heavy atom. The van der Waals surface area contributed by atoms with Crippen molar-refractivity contribution in [1.82, 2.24) is 5.32 Å². The number of nitrogens with one attached hydrogen (secondary N) is 2. The van der Waals surface area contributed by atoms with Crippen LogP contribution in [0, 0.1) is 11.3 Å². The number of sulfone groups is 1. The van der Waals surface area contributed by atoms with E-state index in [-0.39, 0.29) is 41.0 Å². The van der Waals surface area contributed by atoms with Crippen molar-refractivity contribution in [2.75, 3.05) is 23.4 Å². The van der Waals surface area contributed by atoms with E-state index in [0.717, 1.165) is 12.8 Å². The van der Waals surface area contributed by atoms with E-state index in [9.17, 15) is 23.3 Å². The van der Waals surface area contributed by atoms with E-state index < -0.39 is 21.7 Å². The number of carbonyl (C=O) groups is 2. The number of amides is 1. The van der Waals surface area contributed by atoms with Crippen LogP contribution < -0.4 is 10.6 Å². The Bertz CT molecular complexity index is 902. The second-order valence-electron chi connectivity index (χ2n) is 6.43. The predicted molar refractivity (Wildman–Crippen MR) is 104 cm³/mol. The van der Waals surface area contributed by atoms with Gasteiger partial charge in [-0.05, 0) is 25.0 Å². The fourth-order valence-electron chi connectivity index (χ4n) is 2.62. The molecule has 1 heterocycles. The summed E-state index contributed by atoms with van der Waals surface area (Å²) in [4.78, 5) is 24.6. The normalized spacial score (nSPS) is 18.1. The summed E-state index contributed by atoms with van der Waals surface area (Å²) in [7, 11) is -3.07. The first-order valence-electron chi connectivity index (χ1n) is 9.00. The van der Waals surface area contributed by atoms with E-state index in [2.05, 4.69) is 10.6 Å². The highest BCUT2D eigenvalue weighted by atomic mass is 32.2. The minimum absolute atomic E-state index is 0.0315. The van der Waals surface area contributed by atoms with Crippen LogP contribution in [0.3, 0.4) is 0 Å². The van der Waals surface area contributed by atoms with Crippen LogP contribution in [0.4, 0.5) is 5.69 Å². The van der Waals surface area contributed by atoms with E-state index in [1.807, 2.05) is 6.92 Å². The van der Waals surface area contributed by atoms with Crippen LogP contribution in [-0.2, 0) is 19.4 Å². The average molecular weight is 405 g/mol. The van der Waals surface area contributed by atoms with Crippen molar-refractivity contribution in [1.29, 1.82) is 5.26 Å². The Balaban J connectivity index is 2.05. The molecular formula is C19H23N3O5S. The number of anilines is 1. The Morgan fingerprint density at radius 3 is 2.75 bits per heavy atom. The molecule has 1 amide bonds. The number of hydrogen-bond donors (Lipinski definition) is 2. The molecule has 0 aromatic heterocycles. The molecule has 2 rings (SSSR count). The van der Waals surface area contributed by atoms with Crippen LogP contribution in [0.25, 0.3) is 0 Å². The highest BCUT2D eigenvalue weighted by molar-refractivity contribution is 7.91. The van der Waals surface area contributed by atoms with Gasteiger partial charge in [0.15, 0.2) is 9.84 Å². The lowest BCUT2D eigenvalue weighted by Gasteiger charge is -2.11. The van der Waals surface area contributed by atoms with Gasteiger partial charge in [0.25, 0.3) is 5.91 Å². The summed E-state index contributed by atoms with van der Waals surface area (Å²) < 4.78 is 28.1. The third-order valence-corrected chi connectivity index (χ3v) is 5.96.